The fraction of sp³-hybridized carbons (Fsp3) is 0.500. The van der Waals surface area contributed by atoms with Gasteiger partial charge in [0.25, 0.3) is 0 Å². The van der Waals surface area contributed by atoms with Crippen LogP contribution in [0.5, 0.6) is 5.75 Å². The number of halogens is 2. The van der Waals surface area contributed by atoms with E-state index in [1.165, 1.54) is 11.3 Å². The molecule has 0 aliphatic rings. The predicted octanol–water partition coefficient (Wildman–Crippen LogP) is 5.89. The fourth-order valence-corrected chi connectivity index (χ4v) is 4.42. The van der Waals surface area contributed by atoms with Gasteiger partial charge in [0.1, 0.15) is 5.75 Å². The zero-order chi connectivity index (χ0) is 22.4. The van der Waals surface area contributed by atoms with Crippen molar-refractivity contribution in [3.63, 3.8) is 0 Å². The Bertz CT molecular complexity index is 816. The molecule has 0 atom stereocenters. The summed E-state index contributed by atoms with van der Waals surface area (Å²) in [6, 6.07) is 12.7. The lowest BCUT2D eigenvalue weighted by Gasteiger charge is -2.33. The summed E-state index contributed by atoms with van der Waals surface area (Å²) >= 11 is 12.4. The lowest BCUT2D eigenvalue weighted by Crippen LogP contribution is -2.42. The minimum atomic E-state index is 0.108. The summed E-state index contributed by atoms with van der Waals surface area (Å²) in [4.78, 5) is 6.97. The van der Waals surface area contributed by atoms with Crippen LogP contribution in [0.15, 0.2) is 36.4 Å². The highest BCUT2D eigenvalue weighted by Gasteiger charge is 2.18. The van der Waals surface area contributed by atoms with Gasteiger partial charge in [-0.2, -0.15) is 0 Å². The van der Waals surface area contributed by atoms with E-state index in [0.29, 0.717) is 23.7 Å². The van der Waals surface area contributed by atoms with Crippen LogP contribution in [0.25, 0.3) is 0 Å². The second kappa shape index (κ2) is 11.2. The zero-order valence-electron chi connectivity index (χ0n) is 19.0. The molecule has 2 aromatic rings. The van der Waals surface area contributed by atoms with Gasteiger partial charge in [0.05, 0.1) is 5.02 Å². The maximum Gasteiger partial charge on any atom is 0.138 e. The van der Waals surface area contributed by atoms with Crippen LogP contribution in [0, 0.1) is 0 Å². The molecule has 0 fully saturated rings. The molecule has 0 saturated carbocycles. The highest BCUT2D eigenvalue weighted by atomic mass is 35.5. The van der Waals surface area contributed by atoms with Gasteiger partial charge in [-0.1, -0.05) is 41.4 Å². The Morgan fingerprint density at radius 3 is 2.07 bits per heavy atom. The summed E-state index contributed by atoms with van der Waals surface area (Å²) in [5.41, 5.74) is 3.19. The van der Waals surface area contributed by atoms with E-state index in [0.717, 1.165) is 25.2 Å². The normalized spacial score (nSPS) is 11.9. The van der Waals surface area contributed by atoms with Gasteiger partial charge in [-0.05, 0) is 51.5 Å². The Hall–Kier alpha value is -1.46. The second-order valence-corrected chi connectivity index (χ2v) is 9.40. The molecule has 1 N–H and O–H groups in total. The number of anilines is 1. The van der Waals surface area contributed by atoms with Crippen molar-refractivity contribution in [1.29, 1.82) is 0 Å². The molecule has 30 heavy (non-hydrogen) atoms. The summed E-state index contributed by atoms with van der Waals surface area (Å²) in [5.74, 6) is 0.108. The van der Waals surface area contributed by atoms with Gasteiger partial charge in [-0.3, -0.25) is 9.80 Å². The first-order valence-electron chi connectivity index (χ1n) is 10.5. The molecule has 0 radical (unpaired) electrons. The van der Waals surface area contributed by atoms with E-state index in [4.69, 9.17) is 23.2 Å². The Morgan fingerprint density at radius 1 is 0.867 bits per heavy atom. The number of benzene rings is 2. The number of hydrogen-bond donors (Lipinski definition) is 1. The van der Waals surface area contributed by atoms with E-state index >= 15 is 0 Å². The third-order valence-electron chi connectivity index (χ3n) is 5.37. The van der Waals surface area contributed by atoms with E-state index in [1.807, 2.05) is 0 Å². The van der Waals surface area contributed by atoms with Gasteiger partial charge >= 0.3 is 0 Å². The minimum absolute atomic E-state index is 0.108. The van der Waals surface area contributed by atoms with Crippen LogP contribution < -0.4 is 4.90 Å². The average Bonchev–Trinajstić information content (AvgIpc) is 2.65. The Balaban J connectivity index is 2.31. The Kier molecular flexibility index (Phi) is 9.30. The van der Waals surface area contributed by atoms with Crippen molar-refractivity contribution in [3.05, 3.63) is 57.6 Å². The molecule has 4 nitrogen and oxygen atoms in total. The third kappa shape index (κ3) is 6.78. The first kappa shape index (κ1) is 24.8. The molecule has 0 aromatic heterocycles. The molecule has 166 valence electrons. The largest absolute Gasteiger partial charge is 0.506 e. The van der Waals surface area contributed by atoms with E-state index in [-0.39, 0.29) is 10.8 Å². The van der Waals surface area contributed by atoms with E-state index in [1.54, 1.807) is 12.1 Å². The zero-order valence-corrected chi connectivity index (χ0v) is 20.5. The van der Waals surface area contributed by atoms with Crippen LogP contribution in [0.4, 0.5) is 5.69 Å². The van der Waals surface area contributed by atoms with Crippen molar-refractivity contribution in [1.82, 2.24) is 9.80 Å². The summed E-state index contributed by atoms with van der Waals surface area (Å²) in [6.45, 7) is 12.1. The van der Waals surface area contributed by atoms with Crippen molar-refractivity contribution in [3.8, 4) is 5.75 Å². The van der Waals surface area contributed by atoms with Gasteiger partial charge in [0.2, 0.25) is 0 Å². The van der Waals surface area contributed by atoms with Crippen molar-refractivity contribution >= 4 is 28.9 Å². The quantitative estimate of drug-likeness (QED) is 0.487. The van der Waals surface area contributed by atoms with Crippen LogP contribution in [0.2, 0.25) is 10.0 Å². The molecule has 0 saturated heterocycles. The highest BCUT2D eigenvalue weighted by molar-refractivity contribution is 6.35. The molecule has 0 bridgehead atoms. The second-order valence-electron chi connectivity index (χ2n) is 8.55. The SMILES string of the molecule is CC(C)N(CCN(Cc1ccccc1N(C)C)Cc1cc(Cl)cc(Cl)c1O)C(C)C. The van der Waals surface area contributed by atoms with Crippen molar-refractivity contribution in [2.75, 3.05) is 32.1 Å². The predicted molar refractivity (Wildman–Crippen MR) is 130 cm³/mol. The number of aromatic hydroxyl groups is 1. The van der Waals surface area contributed by atoms with E-state index < -0.39 is 0 Å². The van der Waals surface area contributed by atoms with E-state index in [9.17, 15) is 5.11 Å². The molecule has 2 aromatic carbocycles. The Labute approximate surface area is 192 Å². The molecular weight excluding hydrogens is 417 g/mol. The first-order valence-corrected chi connectivity index (χ1v) is 11.3. The fourth-order valence-electron chi connectivity index (χ4n) is 3.89. The van der Waals surface area contributed by atoms with Gasteiger partial charge in [-0.25, -0.2) is 0 Å². The van der Waals surface area contributed by atoms with Crippen LogP contribution in [-0.2, 0) is 13.1 Å². The van der Waals surface area contributed by atoms with Gasteiger partial charge in [0, 0.05) is 68.6 Å². The first-order chi connectivity index (χ1) is 14.1. The number of phenolic OH excluding ortho intramolecular Hbond substituents is 1. The van der Waals surface area contributed by atoms with Gasteiger partial charge in [-0.15, -0.1) is 0 Å². The van der Waals surface area contributed by atoms with Gasteiger partial charge in [0.15, 0.2) is 0 Å². The standard InChI is InChI=1S/C24H35Cl2N3O/c1-17(2)29(18(3)4)12-11-28(15-19-9-7-8-10-23(19)27(5)6)16-20-13-21(25)14-22(26)24(20)30/h7-10,13-14,17-18,30H,11-12,15-16H2,1-6H3. The van der Waals surface area contributed by atoms with Crippen LogP contribution in [0.1, 0.15) is 38.8 Å². The molecule has 6 heteroatoms. The summed E-state index contributed by atoms with van der Waals surface area (Å²) in [6.07, 6.45) is 0. The average molecular weight is 452 g/mol. The summed E-state index contributed by atoms with van der Waals surface area (Å²) in [5, 5.41) is 11.3. The smallest absolute Gasteiger partial charge is 0.138 e. The van der Waals surface area contributed by atoms with Crippen molar-refractivity contribution < 1.29 is 5.11 Å². The number of phenols is 1. The molecule has 0 amide bonds. The molecule has 0 aliphatic carbocycles. The molecule has 0 unspecified atom stereocenters. The molecule has 0 spiro atoms. The van der Waals surface area contributed by atoms with Crippen LogP contribution >= 0.6 is 23.2 Å². The summed E-state index contributed by atoms with van der Waals surface area (Å²) in [7, 11) is 4.12. The molecule has 0 heterocycles. The molecule has 0 aliphatic heterocycles. The number of nitrogens with zero attached hydrogens (tertiary/aromatic N) is 3. The third-order valence-corrected chi connectivity index (χ3v) is 5.88. The number of rotatable bonds is 10. The van der Waals surface area contributed by atoms with Crippen LogP contribution in [0.3, 0.4) is 0 Å². The number of para-hydroxylation sites is 1. The molecule has 2 rings (SSSR count). The van der Waals surface area contributed by atoms with Crippen LogP contribution in [-0.4, -0.2) is 54.2 Å². The Morgan fingerprint density at radius 2 is 1.47 bits per heavy atom. The maximum absolute atomic E-state index is 10.5. The van der Waals surface area contributed by atoms with E-state index in [2.05, 4.69) is 80.8 Å². The number of hydrogen-bond acceptors (Lipinski definition) is 4. The molecular formula is C24H35Cl2N3O. The van der Waals surface area contributed by atoms with Crippen molar-refractivity contribution in [2.24, 2.45) is 0 Å². The van der Waals surface area contributed by atoms with Crippen molar-refractivity contribution in [2.45, 2.75) is 52.9 Å². The topological polar surface area (TPSA) is 30.0 Å². The lowest BCUT2D eigenvalue weighted by atomic mass is 10.1. The monoisotopic (exact) mass is 451 g/mol. The minimum Gasteiger partial charge on any atom is -0.506 e. The lowest BCUT2D eigenvalue weighted by molar-refractivity contribution is 0.137. The van der Waals surface area contributed by atoms with Gasteiger partial charge < -0.3 is 10.0 Å². The maximum atomic E-state index is 10.5. The summed E-state index contributed by atoms with van der Waals surface area (Å²) < 4.78 is 0. The highest BCUT2D eigenvalue weighted by Crippen LogP contribution is 2.32.